The number of methoxy groups -OCH3 is 2. The molecule has 0 aliphatic rings. The number of fused-ring (bicyclic) bond motifs is 1. The summed E-state index contributed by atoms with van der Waals surface area (Å²) in [6.07, 6.45) is -0.182. The van der Waals surface area contributed by atoms with Crippen molar-refractivity contribution in [3.05, 3.63) is 61.9 Å². The summed E-state index contributed by atoms with van der Waals surface area (Å²) in [6, 6.07) is 8.01. The van der Waals surface area contributed by atoms with Crippen LogP contribution in [0.1, 0.15) is 11.1 Å². The third-order valence-electron chi connectivity index (χ3n) is 4.31. The zero-order valence-corrected chi connectivity index (χ0v) is 16.9. The van der Waals surface area contributed by atoms with Crippen LogP contribution in [-0.4, -0.2) is 20.1 Å². The number of nitrogens with one attached hydrogen (secondary N) is 1. The highest BCUT2D eigenvalue weighted by atomic mass is 35.5. The Hall–Kier alpha value is -2.70. The molecule has 28 heavy (non-hydrogen) atoms. The van der Waals surface area contributed by atoms with Gasteiger partial charge in [0.1, 0.15) is 17.1 Å². The van der Waals surface area contributed by atoms with Crippen molar-refractivity contribution in [3.63, 3.8) is 0 Å². The quantitative estimate of drug-likeness (QED) is 0.608. The molecule has 0 bridgehead atoms. The van der Waals surface area contributed by atoms with Crippen molar-refractivity contribution < 1.29 is 18.7 Å². The zero-order chi connectivity index (χ0) is 20.4. The summed E-state index contributed by atoms with van der Waals surface area (Å²) in [5, 5.41) is 4.04. The van der Waals surface area contributed by atoms with Crippen molar-refractivity contribution >= 4 is 45.8 Å². The van der Waals surface area contributed by atoms with E-state index in [1.807, 2.05) is 0 Å². The van der Waals surface area contributed by atoms with Gasteiger partial charge in [0.15, 0.2) is 0 Å². The van der Waals surface area contributed by atoms with Gasteiger partial charge in [-0.1, -0.05) is 23.2 Å². The number of carbonyl (C=O) groups excluding carboxylic acids is 1. The molecule has 146 valence electrons. The van der Waals surface area contributed by atoms with Gasteiger partial charge in [0.05, 0.1) is 42.3 Å². The van der Waals surface area contributed by atoms with Gasteiger partial charge < -0.3 is 19.2 Å². The monoisotopic (exact) mass is 421 g/mol. The van der Waals surface area contributed by atoms with Crippen LogP contribution in [0.4, 0.5) is 5.69 Å². The molecule has 0 aliphatic carbocycles. The minimum Gasteiger partial charge on any atom is -0.496 e. The van der Waals surface area contributed by atoms with Gasteiger partial charge in [0.2, 0.25) is 5.91 Å². The lowest BCUT2D eigenvalue weighted by atomic mass is 10.0. The highest BCUT2D eigenvalue weighted by molar-refractivity contribution is 6.36. The van der Waals surface area contributed by atoms with E-state index < -0.39 is 11.5 Å². The smallest absolute Gasteiger partial charge is 0.340 e. The second-order valence-corrected chi connectivity index (χ2v) is 6.89. The Kier molecular flexibility index (Phi) is 5.82. The summed E-state index contributed by atoms with van der Waals surface area (Å²) < 4.78 is 16.0. The van der Waals surface area contributed by atoms with E-state index in [2.05, 4.69) is 5.32 Å². The molecule has 6 nitrogen and oxygen atoms in total. The highest BCUT2D eigenvalue weighted by Crippen LogP contribution is 2.34. The fourth-order valence-electron chi connectivity index (χ4n) is 2.91. The number of hydrogen-bond acceptors (Lipinski definition) is 5. The van der Waals surface area contributed by atoms with Crippen LogP contribution in [0.2, 0.25) is 10.0 Å². The molecule has 8 heteroatoms. The van der Waals surface area contributed by atoms with Gasteiger partial charge in [-0.3, -0.25) is 4.79 Å². The Labute approximate surface area is 171 Å². The molecular formula is C20H17Cl2NO5. The number of aryl methyl sites for hydroxylation is 1. The highest BCUT2D eigenvalue weighted by Gasteiger charge is 2.19. The molecule has 3 aromatic rings. The maximum Gasteiger partial charge on any atom is 0.340 e. The molecule has 2 aromatic carbocycles. The SMILES string of the molecule is COc1cc(OC)c2c(C)c(CC(=O)Nc3ccc(Cl)cc3Cl)c(=O)oc2c1. The average Bonchev–Trinajstić information content (AvgIpc) is 2.66. The van der Waals surface area contributed by atoms with Gasteiger partial charge in [-0.05, 0) is 30.7 Å². The minimum atomic E-state index is -0.599. The van der Waals surface area contributed by atoms with Crippen LogP contribution >= 0.6 is 23.2 Å². The van der Waals surface area contributed by atoms with E-state index in [1.54, 1.807) is 31.2 Å². The van der Waals surface area contributed by atoms with E-state index in [9.17, 15) is 9.59 Å². The van der Waals surface area contributed by atoms with Crippen molar-refractivity contribution in [3.8, 4) is 11.5 Å². The van der Waals surface area contributed by atoms with E-state index in [0.29, 0.717) is 43.8 Å². The molecule has 0 atom stereocenters. The van der Waals surface area contributed by atoms with E-state index in [-0.39, 0.29) is 12.0 Å². The number of anilines is 1. The molecule has 1 aromatic heterocycles. The summed E-state index contributed by atoms with van der Waals surface area (Å²) in [7, 11) is 3.01. The van der Waals surface area contributed by atoms with Gasteiger partial charge in [0.25, 0.3) is 0 Å². The van der Waals surface area contributed by atoms with Gasteiger partial charge in [0, 0.05) is 17.2 Å². The van der Waals surface area contributed by atoms with E-state index in [0.717, 1.165) is 0 Å². The fraction of sp³-hybridized carbons (Fsp3) is 0.200. The normalized spacial score (nSPS) is 10.8. The molecule has 0 aliphatic heterocycles. The van der Waals surface area contributed by atoms with Crippen LogP contribution in [-0.2, 0) is 11.2 Å². The van der Waals surface area contributed by atoms with Gasteiger partial charge in [-0.15, -0.1) is 0 Å². The van der Waals surface area contributed by atoms with Crippen molar-refractivity contribution in [2.24, 2.45) is 0 Å². The zero-order valence-electron chi connectivity index (χ0n) is 15.4. The molecule has 1 amide bonds. The first kappa shape index (κ1) is 20.0. The first-order valence-electron chi connectivity index (χ1n) is 8.27. The lowest BCUT2D eigenvalue weighted by Gasteiger charge is -2.13. The first-order valence-corrected chi connectivity index (χ1v) is 9.02. The Morgan fingerprint density at radius 3 is 2.54 bits per heavy atom. The number of amides is 1. The van der Waals surface area contributed by atoms with Crippen molar-refractivity contribution in [2.45, 2.75) is 13.3 Å². The Morgan fingerprint density at radius 2 is 1.89 bits per heavy atom. The summed E-state index contributed by atoms with van der Waals surface area (Å²) >= 11 is 11.9. The van der Waals surface area contributed by atoms with Crippen LogP contribution in [0.15, 0.2) is 39.5 Å². The van der Waals surface area contributed by atoms with Gasteiger partial charge in [-0.2, -0.15) is 0 Å². The molecule has 0 radical (unpaired) electrons. The molecule has 1 N–H and O–H groups in total. The number of ether oxygens (including phenoxy) is 2. The third-order valence-corrected chi connectivity index (χ3v) is 4.86. The lowest BCUT2D eigenvalue weighted by molar-refractivity contribution is -0.115. The van der Waals surface area contributed by atoms with E-state index in [1.165, 1.54) is 20.3 Å². The molecule has 0 spiro atoms. The topological polar surface area (TPSA) is 77.8 Å². The molecule has 3 rings (SSSR count). The van der Waals surface area contributed by atoms with E-state index in [4.69, 9.17) is 37.1 Å². The summed E-state index contributed by atoms with van der Waals surface area (Å²) in [5.74, 6) is 0.569. The van der Waals surface area contributed by atoms with Crippen LogP contribution in [0.3, 0.4) is 0 Å². The molecule has 0 saturated carbocycles. The predicted molar refractivity (Wildman–Crippen MR) is 109 cm³/mol. The Balaban J connectivity index is 1.98. The maximum absolute atomic E-state index is 12.5. The number of benzene rings is 2. The number of hydrogen-bond donors (Lipinski definition) is 1. The predicted octanol–water partition coefficient (Wildman–Crippen LogP) is 4.61. The minimum absolute atomic E-state index is 0.182. The second-order valence-electron chi connectivity index (χ2n) is 6.04. The van der Waals surface area contributed by atoms with Crippen LogP contribution in [0.25, 0.3) is 11.0 Å². The lowest BCUT2D eigenvalue weighted by Crippen LogP contribution is -2.21. The maximum atomic E-state index is 12.5. The van der Waals surface area contributed by atoms with E-state index >= 15 is 0 Å². The van der Waals surface area contributed by atoms with Crippen molar-refractivity contribution in [1.82, 2.24) is 0 Å². The average molecular weight is 422 g/mol. The Bertz CT molecular complexity index is 1120. The van der Waals surface area contributed by atoms with Crippen molar-refractivity contribution in [1.29, 1.82) is 0 Å². The molecule has 0 saturated heterocycles. The third kappa shape index (κ3) is 3.93. The Morgan fingerprint density at radius 1 is 1.14 bits per heavy atom. The molecule has 0 unspecified atom stereocenters. The van der Waals surface area contributed by atoms with Crippen molar-refractivity contribution in [2.75, 3.05) is 19.5 Å². The van der Waals surface area contributed by atoms with Crippen LogP contribution in [0, 0.1) is 6.92 Å². The summed E-state index contributed by atoms with van der Waals surface area (Å²) in [5.41, 5.74) is 0.962. The van der Waals surface area contributed by atoms with Gasteiger partial charge in [-0.25, -0.2) is 4.79 Å². The second kappa shape index (κ2) is 8.12. The van der Waals surface area contributed by atoms with Crippen LogP contribution in [0.5, 0.6) is 11.5 Å². The number of halogens is 2. The standard InChI is InChI=1S/C20H17Cl2NO5/c1-10-13(9-18(24)23-15-5-4-11(21)6-14(15)22)20(25)28-17-8-12(26-2)7-16(27-3)19(10)17/h4-8H,9H2,1-3H3,(H,23,24). The first-order chi connectivity index (χ1) is 13.3. The number of rotatable bonds is 5. The van der Waals surface area contributed by atoms with Crippen LogP contribution < -0.4 is 20.4 Å². The largest absolute Gasteiger partial charge is 0.496 e. The molecule has 0 fully saturated rings. The summed E-state index contributed by atoms with van der Waals surface area (Å²) in [4.78, 5) is 25.0. The number of carbonyl (C=O) groups is 1. The summed E-state index contributed by atoms with van der Waals surface area (Å²) in [6.45, 7) is 1.74. The molecule has 1 heterocycles. The molecular weight excluding hydrogens is 405 g/mol. The van der Waals surface area contributed by atoms with Gasteiger partial charge >= 0.3 is 5.63 Å². The fourth-order valence-corrected chi connectivity index (χ4v) is 3.37.